The van der Waals surface area contributed by atoms with Gasteiger partial charge >= 0.3 is 0 Å². The van der Waals surface area contributed by atoms with Gasteiger partial charge < -0.3 is 19.7 Å². The van der Waals surface area contributed by atoms with Crippen LogP contribution in [0.15, 0.2) is 12.1 Å². The number of hydrogen-bond donors (Lipinski definition) is 2. The number of fused-ring (bicyclic) bond motifs is 2. The zero-order valence-electron chi connectivity index (χ0n) is 21.5. The molecule has 7 atom stereocenters. The molecule has 4 saturated carbocycles. The Balaban J connectivity index is 1.46. The van der Waals surface area contributed by atoms with E-state index in [4.69, 9.17) is 9.47 Å². The Morgan fingerprint density at radius 3 is 2.59 bits per heavy atom. The quantitative estimate of drug-likeness (QED) is 0.699. The molecule has 8 rings (SSSR count). The second kappa shape index (κ2) is 6.33. The van der Waals surface area contributed by atoms with Crippen molar-refractivity contribution in [3.05, 3.63) is 23.3 Å². The van der Waals surface area contributed by atoms with Crippen molar-refractivity contribution in [1.82, 2.24) is 4.90 Å². The maximum absolute atomic E-state index is 12.6. The lowest BCUT2D eigenvalue weighted by molar-refractivity contribution is -0.305. The summed E-state index contributed by atoms with van der Waals surface area (Å²) in [5, 5.41) is 24.7. The number of benzene rings is 1. The fourth-order valence-corrected chi connectivity index (χ4v) is 9.41. The molecular weight excluding hydrogens is 426 g/mol. The summed E-state index contributed by atoms with van der Waals surface area (Å²) in [5.74, 6) is 2.29. The minimum absolute atomic E-state index is 0.0137. The third kappa shape index (κ3) is 2.29. The first-order valence-electron chi connectivity index (χ1n) is 13.6. The van der Waals surface area contributed by atoms with Crippen LogP contribution < -0.4 is 9.47 Å². The van der Waals surface area contributed by atoms with Crippen molar-refractivity contribution in [2.24, 2.45) is 22.7 Å². The van der Waals surface area contributed by atoms with Gasteiger partial charge in [0, 0.05) is 34.9 Å². The number of methoxy groups -OCH3 is 1. The molecule has 2 N–H and O–H groups in total. The SMILES string of the molecule is COc1ccc2c3c1O[C@H]1C34CCN(CC3CC3)[C@H](C2)C42CC[C@@]1(O)[C@@H]([C@](C)(O)C(C)(C)C)C2. The van der Waals surface area contributed by atoms with Crippen LogP contribution in [0, 0.1) is 22.7 Å². The van der Waals surface area contributed by atoms with Crippen LogP contribution in [0.4, 0.5) is 0 Å². The first kappa shape index (κ1) is 21.9. The summed E-state index contributed by atoms with van der Waals surface area (Å²) in [5.41, 5.74) is 0.151. The van der Waals surface area contributed by atoms with Crippen LogP contribution in [0.2, 0.25) is 0 Å². The lowest BCUT2D eigenvalue weighted by atomic mass is 9.33. The molecule has 2 spiro atoms. The number of ether oxygens (including phenoxy) is 2. The number of rotatable bonds is 4. The molecule has 5 heteroatoms. The summed E-state index contributed by atoms with van der Waals surface area (Å²) in [4.78, 5) is 2.81. The minimum atomic E-state index is -1.06. The van der Waals surface area contributed by atoms with Gasteiger partial charge in [-0.3, -0.25) is 4.90 Å². The summed E-state index contributed by atoms with van der Waals surface area (Å²) in [6.45, 7) is 10.6. The predicted octanol–water partition coefficient (Wildman–Crippen LogP) is 4.06. The highest BCUT2D eigenvalue weighted by Gasteiger charge is 2.81. The molecule has 0 radical (unpaired) electrons. The van der Waals surface area contributed by atoms with Gasteiger partial charge in [-0.05, 0) is 81.4 Å². The van der Waals surface area contributed by atoms with E-state index in [-0.39, 0.29) is 28.3 Å². The first-order chi connectivity index (χ1) is 16.0. The molecule has 1 saturated heterocycles. The van der Waals surface area contributed by atoms with E-state index in [9.17, 15) is 10.2 Å². The van der Waals surface area contributed by atoms with Gasteiger partial charge in [0.15, 0.2) is 11.5 Å². The van der Waals surface area contributed by atoms with Crippen molar-refractivity contribution in [3.63, 3.8) is 0 Å². The highest BCUT2D eigenvalue weighted by molar-refractivity contribution is 5.63. The van der Waals surface area contributed by atoms with Crippen LogP contribution in [0.3, 0.4) is 0 Å². The molecule has 0 amide bonds. The Labute approximate surface area is 203 Å². The summed E-state index contributed by atoms with van der Waals surface area (Å²) >= 11 is 0. The van der Waals surface area contributed by atoms with Crippen LogP contribution >= 0.6 is 0 Å². The molecule has 5 aliphatic carbocycles. The van der Waals surface area contributed by atoms with Crippen LogP contribution in [0.25, 0.3) is 0 Å². The molecule has 7 aliphatic rings. The minimum Gasteiger partial charge on any atom is -0.493 e. The predicted molar refractivity (Wildman–Crippen MR) is 130 cm³/mol. The molecule has 186 valence electrons. The van der Waals surface area contributed by atoms with Crippen molar-refractivity contribution in [2.45, 2.75) is 101 Å². The van der Waals surface area contributed by atoms with Crippen molar-refractivity contribution in [2.75, 3.05) is 20.2 Å². The van der Waals surface area contributed by atoms with E-state index in [1.165, 1.54) is 30.5 Å². The third-order valence-electron chi connectivity index (χ3n) is 11.7. The molecule has 4 bridgehead atoms. The van der Waals surface area contributed by atoms with Gasteiger partial charge in [-0.25, -0.2) is 0 Å². The first-order valence-corrected chi connectivity index (χ1v) is 13.6. The topological polar surface area (TPSA) is 62.2 Å². The van der Waals surface area contributed by atoms with E-state index in [0.717, 1.165) is 49.6 Å². The molecule has 1 aromatic carbocycles. The van der Waals surface area contributed by atoms with E-state index in [1.807, 2.05) is 6.92 Å². The highest BCUT2D eigenvalue weighted by atomic mass is 16.5. The number of nitrogens with zero attached hydrogens (tertiary/aromatic N) is 1. The second-order valence-corrected chi connectivity index (χ2v) is 13.8. The Morgan fingerprint density at radius 1 is 1.15 bits per heavy atom. The number of aliphatic hydroxyl groups is 2. The van der Waals surface area contributed by atoms with Gasteiger partial charge in [0.1, 0.15) is 11.7 Å². The fraction of sp³-hybridized carbons (Fsp3) is 0.793. The normalized spacial score (nSPS) is 43.8. The smallest absolute Gasteiger partial charge is 0.165 e. The molecular formula is C29H41NO4. The Bertz CT molecular complexity index is 1060. The van der Waals surface area contributed by atoms with E-state index in [2.05, 4.69) is 37.8 Å². The van der Waals surface area contributed by atoms with Crippen LogP contribution in [-0.2, 0) is 11.8 Å². The van der Waals surface area contributed by atoms with Gasteiger partial charge in [0.25, 0.3) is 0 Å². The summed E-state index contributed by atoms with van der Waals surface area (Å²) in [6.07, 6.45) is 7.07. The fourth-order valence-electron chi connectivity index (χ4n) is 9.41. The van der Waals surface area contributed by atoms with E-state index in [0.29, 0.717) is 12.5 Å². The molecule has 0 aromatic heterocycles. The average Bonchev–Trinajstić information content (AvgIpc) is 3.52. The van der Waals surface area contributed by atoms with Crippen molar-refractivity contribution < 1.29 is 19.7 Å². The Kier molecular flexibility index (Phi) is 4.08. The third-order valence-corrected chi connectivity index (χ3v) is 11.7. The van der Waals surface area contributed by atoms with Gasteiger partial charge in [-0.1, -0.05) is 26.8 Å². The van der Waals surface area contributed by atoms with E-state index in [1.54, 1.807) is 7.11 Å². The number of piperidine rings is 1. The zero-order chi connectivity index (χ0) is 23.9. The molecule has 2 unspecified atom stereocenters. The summed E-state index contributed by atoms with van der Waals surface area (Å²) in [6, 6.07) is 4.78. The van der Waals surface area contributed by atoms with Crippen LogP contribution in [-0.4, -0.2) is 58.7 Å². The molecule has 2 heterocycles. The molecule has 5 nitrogen and oxygen atoms in total. The zero-order valence-corrected chi connectivity index (χ0v) is 21.5. The van der Waals surface area contributed by atoms with E-state index < -0.39 is 11.2 Å². The van der Waals surface area contributed by atoms with Crippen molar-refractivity contribution in [3.8, 4) is 11.5 Å². The highest BCUT2D eigenvalue weighted by Crippen LogP contribution is 2.77. The largest absolute Gasteiger partial charge is 0.493 e. The van der Waals surface area contributed by atoms with Gasteiger partial charge in [-0.2, -0.15) is 0 Å². The molecule has 2 aliphatic heterocycles. The van der Waals surface area contributed by atoms with Crippen LogP contribution in [0.5, 0.6) is 11.5 Å². The second-order valence-electron chi connectivity index (χ2n) is 13.8. The van der Waals surface area contributed by atoms with Crippen LogP contribution in [0.1, 0.15) is 77.3 Å². The summed E-state index contributed by atoms with van der Waals surface area (Å²) in [7, 11) is 1.72. The monoisotopic (exact) mass is 467 g/mol. The number of likely N-dealkylation sites (tertiary alicyclic amines) is 1. The van der Waals surface area contributed by atoms with Gasteiger partial charge in [-0.15, -0.1) is 0 Å². The lowest BCUT2D eigenvalue weighted by Crippen LogP contribution is -2.82. The number of hydrogen-bond acceptors (Lipinski definition) is 5. The molecule has 5 fully saturated rings. The molecule has 34 heavy (non-hydrogen) atoms. The summed E-state index contributed by atoms with van der Waals surface area (Å²) < 4.78 is 12.7. The van der Waals surface area contributed by atoms with Gasteiger partial charge in [0.05, 0.1) is 12.7 Å². The van der Waals surface area contributed by atoms with Crippen molar-refractivity contribution >= 4 is 0 Å². The van der Waals surface area contributed by atoms with Gasteiger partial charge in [0.2, 0.25) is 0 Å². The van der Waals surface area contributed by atoms with E-state index >= 15 is 0 Å². The lowest BCUT2D eigenvalue weighted by Gasteiger charge is -2.75. The average molecular weight is 468 g/mol. The standard InChI is InChI=1S/C29H41NO4/c1-25(2,3)26(4,31)20-15-27-10-11-29(20,32)24-28(27)12-13-30(16-17-6-7-17)21(27)14-18-8-9-19(33-5)23(34-24)22(18)28/h8-9,17,20-21,24,31-32H,6-7,10-16H2,1-5H3/t20-,21-,24+,26+,27?,28?,29-/m1/s1. The maximum Gasteiger partial charge on any atom is 0.165 e. The molecule has 1 aromatic rings. The van der Waals surface area contributed by atoms with Crippen molar-refractivity contribution in [1.29, 1.82) is 0 Å². The Morgan fingerprint density at radius 2 is 1.91 bits per heavy atom. The Hall–Kier alpha value is -1.30. The maximum atomic E-state index is 12.6.